The first kappa shape index (κ1) is 14.1. The lowest BCUT2D eigenvalue weighted by atomic mass is 10.1. The Labute approximate surface area is 95.6 Å². The number of nitrogens with zero attached hydrogens (tertiary/aromatic N) is 1. The summed E-state index contributed by atoms with van der Waals surface area (Å²) in [7, 11) is 4.01. The SMILES string of the molecule is CN(C)CCN.Cc1cc(C)cc(C)c1.[HH]. The molecule has 15 heavy (non-hydrogen) atoms. The lowest BCUT2D eigenvalue weighted by Crippen LogP contribution is -2.20. The normalized spacial score (nSPS) is 9.80. The van der Waals surface area contributed by atoms with Gasteiger partial charge in [0.1, 0.15) is 0 Å². The molecule has 88 valence electrons. The predicted octanol–water partition coefficient (Wildman–Crippen LogP) is 2.36. The van der Waals surface area contributed by atoms with Crippen molar-refractivity contribution in [2.45, 2.75) is 20.8 Å². The molecule has 0 saturated heterocycles. The molecule has 0 bridgehead atoms. The first-order chi connectivity index (χ1) is 6.95. The Morgan fingerprint density at radius 1 is 1.00 bits per heavy atom. The van der Waals surface area contributed by atoms with Gasteiger partial charge in [0.15, 0.2) is 0 Å². The quantitative estimate of drug-likeness (QED) is 0.812. The van der Waals surface area contributed by atoms with Crippen LogP contribution >= 0.6 is 0 Å². The highest BCUT2D eigenvalue weighted by Crippen LogP contribution is 2.06. The van der Waals surface area contributed by atoms with Crippen LogP contribution in [0.1, 0.15) is 18.1 Å². The average molecular weight is 210 g/mol. The van der Waals surface area contributed by atoms with E-state index < -0.39 is 0 Å². The molecule has 0 atom stereocenters. The molecule has 0 fully saturated rings. The van der Waals surface area contributed by atoms with Crippen molar-refractivity contribution in [1.82, 2.24) is 4.90 Å². The highest BCUT2D eigenvalue weighted by atomic mass is 15.1. The summed E-state index contributed by atoms with van der Waals surface area (Å²) in [6, 6.07) is 6.56. The van der Waals surface area contributed by atoms with E-state index >= 15 is 0 Å². The maximum absolute atomic E-state index is 5.19. The molecule has 2 N–H and O–H groups in total. The Morgan fingerprint density at radius 2 is 1.33 bits per heavy atom. The molecule has 0 aliphatic heterocycles. The van der Waals surface area contributed by atoms with E-state index in [2.05, 4.69) is 43.9 Å². The molecule has 1 aromatic rings. The fourth-order valence-electron chi connectivity index (χ4n) is 1.46. The molecule has 0 aliphatic carbocycles. The molecular weight excluding hydrogens is 184 g/mol. The largest absolute Gasteiger partial charge is 0.329 e. The van der Waals surface area contributed by atoms with Crippen LogP contribution in [0.15, 0.2) is 18.2 Å². The number of likely N-dealkylation sites (N-methyl/N-ethyl adjacent to an activating group) is 1. The molecule has 2 heteroatoms. The van der Waals surface area contributed by atoms with Crippen molar-refractivity contribution in [3.05, 3.63) is 34.9 Å². The molecule has 0 radical (unpaired) electrons. The molecule has 1 rings (SSSR count). The summed E-state index contributed by atoms with van der Waals surface area (Å²) in [6.45, 7) is 8.12. The predicted molar refractivity (Wildman–Crippen MR) is 70.4 cm³/mol. The van der Waals surface area contributed by atoms with Crippen molar-refractivity contribution >= 4 is 0 Å². The van der Waals surface area contributed by atoms with Crippen LogP contribution in [0.2, 0.25) is 0 Å². The van der Waals surface area contributed by atoms with Crippen molar-refractivity contribution in [2.75, 3.05) is 27.2 Å². The van der Waals surface area contributed by atoms with Crippen LogP contribution in [0.5, 0.6) is 0 Å². The van der Waals surface area contributed by atoms with Gasteiger partial charge in [0.25, 0.3) is 0 Å². The Bertz CT molecular complexity index is 235. The number of rotatable bonds is 2. The maximum atomic E-state index is 5.19. The number of hydrogen-bond acceptors (Lipinski definition) is 2. The van der Waals surface area contributed by atoms with Gasteiger partial charge in [-0.25, -0.2) is 0 Å². The third-order valence-electron chi connectivity index (χ3n) is 1.94. The van der Waals surface area contributed by atoms with Crippen molar-refractivity contribution in [1.29, 1.82) is 0 Å². The molecule has 0 saturated carbocycles. The molecule has 0 unspecified atom stereocenters. The molecule has 0 aromatic heterocycles. The van der Waals surface area contributed by atoms with Gasteiger partial charge in [0.05, 0.1) is 0 Å². The van der Waals surface area contributed by atoms with Crippen LogP contribution in [0.3, 0.4) is 0 Å². The Balaban J connectivity index is 0. The smallest absolute Gasteiger partial charge is 0.00985 e. The lowest BCUT2D eigenvalue weighted by molar-refractivity contribution is 0.420. The summed E-state index contributed by atoms with van der Waals surface area (Å²) in [5.41, 5.74) is 9.25. The van der Waals surface area contributed by atoms with Crippen molar-refractivity contribution < 1.29 is 1.43 Å². The third kappa shape index (κ3) is 8.16. The zero-order valence-corrected chi connectivity index (χ0v) is 10.7. The van der Waals surface area contributed by atoms with Crippen LogP contribution in [-0.4, -0.2) is 32.1 Å². The Hall–Kier alpha value is -0.860. The first-order valence-electron chi connectivity index (χ1n) is 5.35. The van der Waals surface area contributed by atoms with Gasteiger partial charge in [-0.05, 0) is 34.9 Å². The summed E-state index contributed by atoms with van der Waals surface area (Å²) in [5.74, 6) is 0. The van der Waals surface area contributed by atoms with Crippen molar-refractivity contribution in [3.63, 3.8) is 0 Å². The van der Waals surface area contributed by atoms with Gasteiger partial charge < -0.3 is 10.6 Å². The second-order valence-electron chi connectivity index (χ2n) is 4.26. The van der Waals surface area contributed by atoms with E-state index in [1.165, 1.54) is 16.7 Å². The molecule has 2 nitrogen and oxygen atoms in total. The molecule has 0 aliphatic rings. The van der Waals surface area contributed by atoms with Crippen molar-refractivity contribution in [3.8, 4) is 0 Å². The number of hydrogen-bond donors (Lipinski definition) is 1. The zero-order chi connectivity index (χ0) is 11.8. The summed E-state index contributed by atoms with van der Waals surface area (Å²) in [6.07, 6.45) is 0. The summed E-state index contributed by atoms with van der Waals surface area (Å²) >= 11 is 0. The van der Waals surface area contributed by atoms with Gasteiger partial charge in [0, 0.05) is 14.5 Å². The van der Waals surface area contributed by atoms with Crippen LogP contribution in [0.25, 0.3) is 0 Å². The van der Waals surface area contributed by atoms with E-state index in [9.17, 15) is 0 Å². The fraction of sp³-hybridized carbons (Fsp3) is 0.538. The molecule has 0 amide bonds. The highest BCUT2D eigenvalue weighted by molar-refractivity contribution is 5.27. The topological polar surface area (TPSA) is 29.3 Å². The fourth-order valence-corrected chi connectivity index (χ4v) is 1.46. The van der Waals surface area contributed by atoms with Gasteiger partial charge in [-0.3, -0.25) is 0 Å². The molecule has 0 spiro atoms. The number of nitrogens with two attached hydrogens (primary N) is 1. The van der Waals surface area contributed by atoms with Crippen molar-refractivity contribution in [2.24, 2.45) is 5.73 Å². The van der Waals surface area contributed by atoms with E-state index in [0.717, 1.165) is 13.1 Å². The van der Waals surface area contributed by atoms with Gasteiger partial charge >= 0.3 is 0 Å². The Morgan fingerprint density at radius 3 is 1.47 bits per heavy atom. The van der Waals surface area contributed by atoms with E-state index in [-0.39, 0.29) is 1.43 Å². The lowest BCUT2D eigenvalue weighted by Gasteiger charge is -2.03. The van der Waals surface area contributed by atoms with Gasteiger partial charge in [-0.2, -0.15) is 0 Å². The van der Waals surface area contributed by atoms with E-state index in [1.54, 1.807) is 0 Å². The zero-order valence-electron chi connectivity index (χ0n) is 10.7. The van der Waals surface area contributed by atoms with Gasteiger partial charge in [-0.15, -0.1) is 0 Å². The second kappa shape index (κ2) is 7.43. The molecular formula is C13H26N2. The minimum Gasteiger partial charge on any atom is -0.329 e. The van der Waals surface area contributed by atoms with E-state index in [1.807, 2.05) is 14.1 Å². The average Bonchev–Trinajstić information content (AvgIpc) is 2.00. The maximum Gasteiger partial charge on any atom is 0.00985 e. The summed E-state index contributed by atoms with van der Waals surface area (Å²) in [5, 5.41) is 0. The Kier molecular flexibility index (Phi) is 7.01. The minimum atomic E-state index is 0. The standard InChI is InChI=1S/C9H12.C4H12N2.H2/c1-7-4-8(2)6-9(3)5-7;1-6(2)4-3-5;/h4-6H,1-3H3;3-5H2,1-2H3;1H. The second-order valence-corrected chi connectivity index (χ2v) is 4.26. The third-order valence-corrected chi connectivity index (χ3v) is 1.94. The first-order valence-corrected chi connectivity index (χ1v) is 5.35. The monoisotopic (exact) mass is 210 g/mol. The number of aryl methyl sites for hydroxylation is 3. The summed E-state index contributed by atoms with van der Waals surface area (Å²) in [4.78, 5) is 2.06. The van der Waals surface area contributed by atoms with Gasteiger partial charge in [0.2, 0.25) is 0 Å². The van der Waals surface area contributed by atoms with Crippen LogP contribution in [0.4, 0.5) is 0 Å². The van der Waals surface area contributed by atoms with Crippen LogP contribution in [-0.2, 0) is 0 Å². The number of benzene rings is 1. The minimum absolute atomic E-state index is 0. The van der Waals surface area contributed by atoms with E-state index in [0.29, 0.717) is 0 Å². The van der Waals surface area contributed by atoms with Crippen LogP contribution < -0.4 is 5.73 Å². The molecule has 1 aromatic carbocycles. The molecule has 0 heterocycles. The van der Waals surface area contributed by atoms with E-state index in [4.69, 9.17) is 5.73 Å². The highest BCUT2D eigenvalue weighted by Gasteiger charge is 1.87. The van der Waals surface area contributed by atoms with Gasteiger partial charge in [-0.1, -0.05) is 34.9 Å². The summed E-state index contributed by atoms with van der Waals surface area (Å²) < 4.78 is 0. The van der Waals surface area contributed by atoms with Crippen LogP contribution in [0, 0.1) is 20.8 Å².